The number of hydrazone groups is 1. The van der Waals surface area contributed by atoms with Crippen molar-refractivity contribution in [1.82, 2.24) is 10.4 Å². The predicted molar refractivity (Wildman–Crippen MR) is 121 cm³/mol. The van der Waals surface area contributed by atoms with E-state index in [1.165, 1.54) is 12.1 Å². The molecule has 148 valence electrons. The second kappa shape index (κ2) is 7.54. The van der Waals surface area contributed by atoms with Crippen molar-refractivity contribution in [3.05, 3.63) is 105 Å². The number of nitrogens with one attached hydrogen (secondary N) is 2. The van der Waals surface area contributed by atoms with Gasteiger partial charge in [0.15, 0.2) is 0 Å². The van der Waals surface area contributed by atoms with Crippen LogP contribution >= 0.6 is 15.9 Å². The van der Waals surface area contributed by atoms with Crippen molar-refractivity contribution in [2.24, 2.45) is 5.10 Å². The van der Waals surface area contributed by atoms with Crippen LogP contribution in [0.1, 0.15) is 23.6 Å². The van der Waals surface area contributed by atoms with Crippen molar-refractivity contribution in [1.29, 1.82) is 0 Å². The molecule has 4 aromatic rings. The monoisotopic (exact) mass is 461 g/mol. The van der Waals surface area contributed by atoms with E-state index >= 15 is 0 Å². The maximum Gasteiger partial charge on any atom is 0.258 e. The molecule has 2 heterocycles. The molecule has 0 radical (unpaired) electrons. The van der Waals surface area contributed by atoms with Crippen molar-refractivity contribution < 1.29 is 4.39 Å². The maximum atomic E-state index is 13.3. The van der Waals surface area contributed by atoms with Crippen LogP contribution in [-0.2, 0) is 0 Å². The zero-order valence-corrected chi connectivity index (χ0v) is 17.4. The third-order valence-electron chi connectivity index (χ3n) is 5.35. The number of nitrogens with zero attached hydrogens (tertiary/aromatic N) is 1. The van der Waals surface area contributed by atoms with Gasteiger partial charge in [-0.3, -0.25) is 4.79 Å². The second-order valence-electron chi connectivity index (χ2n) is 7.26. The fraction of sp³-hybridized carbons (Fsp3) is 0.0833. The Morgan fingerprint density at radius 1 is 0.967 bits per heavy atom. The van der Waals surface area contributed by atoms with Gasteiger partial charge in [0.1, 0.15) is 5.82 Å². The molecule has 0 aliphatic carbocycles. The molecule has 1 atom stereocenters. The van der Waals surface area contributed by atoms with Crippen LogP contribution in [0.4, 0.5) is 4.39 Å². The van der Waals surface area contributed by atoms with E-state index in [0.29, 0.717) is 17.7 Å². The second-order valence-corrected chi connectivity index (χ2v) is 8.17. The number of benzene rings is 3. The number of H-pyrrole nitrogens is 1. The normalized spacial score (nSPS) is 15.8. The lowest BCUT2D eigenvalue weighted by Crippen LogP contribution is -2.20. The Kier molecular flexibility index (Phi) is 4.71. The van der Waals surface area contributed by atoms with Gasteiger partial charge in [0.2, 0.25) is 0 Å². The summed E-state index contributed by atoms with van der Waals surface area (Å²) in [5.41, 5.74) is 7.69. The summed E-state index contributed by atoms with van der Waals surface area (Å²) < 4.78 is 14.2. The fourth-order valence-electron chi connectivity index (χ4n) is 3.93. The van der Waals surface area contributed by atoms with Gasteiger partial charge in [-0.25, -0.2) is 4.39 Å². The smallest absolute Gasteiger partial charge is 0.258 e. The largest absolute Gasteiger partial charge is 0.321 e. The molecule has 0 spiro atoms. The Balaban J connectivity index is 1.67. The first kappa shape index (κ1) is 18.8. The van der Waals surface area contributed by atoms with E-state index < -0.39 is 0 Å². The van der Waals surface area contributed by atoms with Crippen LogP contribution in [-0.4, -0.2) is 10.7 Å². The average Bonchev–Trinajstić information content (AvgIpc) is 3.24. The van der Waals surface area contributed by atoms with E-state index in [0.717, 1.165) is 32.1 Å². The molecule has 0 saturated heterocycles. The molecule has 1 aliphatic heterocycles. The average molecular weight is 462 g/mol. The van der Waals surface area contributed by atoms with E-state index in [4.69, 9.17) is 0 Å². The highest BCUT2D eigenvalue weighted by Crippen LogP contribution is 2.34. The van der Waals surface area contributed by atoms with Gasteiger partial charge in [0.05, 0.1) is 17.3 Å². The number of aromatic nitrogens is 1. The van der Waals surface area contributed by atoms with Crippen LogP contribution in [0, 0.1) is 5.82 Å². The van der Waals surface area contributed by atoms with E-state index in [1.807, 2.05) is 48.5 Å². The van der Waals surface area contributed by atoms with E-state index in [9.17, 15) is 9.18 Å². The van der Waals surface area contributed by atoms with Gasteiger partial charge in [-0.15, -0.1) is 0 Å². The summed E-state index contributed by atoms with van der Waals surface area (Å²) in [7, 11) is 0. The van der Waals surface area contributed by atoms with Crippen LogP contribution < -0.4 is 11.0 Å². The lowest BCUT2D eigenvalue weighted by Gasteiger charge is -2.14. The molecule has 4 nitrogen and oxygen atoms in total. The van der Waals surface area contributed by atoms with Crippen LogP contribution in [0.3, 0.4) is 0 Å². The topological polar surface area (TPSA) is 57.2 Å². The van der Waals surface area contributed by atoms with E-state index in [1.54, 1.807) is 12.1 Å². The highest BCUT2D eigenvalue weighted by atomic mass is 79.9. The molecule has 1 aliphatic rings. The van der Waals surface area contributed by atoms with Gasteiger partial charge < -0.3 is 10.4 Å². The first-order valence-electron chi connectivity index (χ1n) is 9.59. The van der Waals surface area contributed by atoms with Crippen LogP contribution in [0.2, 0.25) is 0 Å². The molecule has 5 rings (SSSR count). The third kappa shape index (κ3) is 3.33. The number of fused-ring (bicyclic) bond motifs is 1. The Morgan fingerprint density at radius 2 is 1.73 bits per heavy atom. The molecule has 6 heteroatoms. The summed E-state index contributed by atoms with van der Waals surface area (Å²) in [5, 5.41) is 5.45. The number of hydrogen-bond donors (Lipinski definition) is 2. The minimum Gasteiger partial charge on any atom is -0.321 e. The Morgan fingerprint density at radius 3 is 2.50 bits per heavy atom. The van der Waals surface area contributed by atoms with Gasteiger partial charge in [-0.2, -0.15) is 5.10 Å². The number of aromatic amines is 1. The Bertz CT molecular complexity index is 1330. The zero-order chi connectivity index (χ0) is 20.7. The predicted octanol–water partition coefficient (Wildman–Crippen LogP) is 5.54. The minimum absolute atomic E-state index is 0.109. The van der Waals surface area contributed by atoms with Gasteiger partial charge >= 0.3 is 0 Å². The first-order chi connectivity index (χ1) is 14.6. The van der Waals surface area contributed by atoms with Crippen molar-refractivity contribution in [3.63, 3.8) is 0 Å². The molecule has 3 aromatic carbocycles. The highest BCUT2D eigenvalue weighted by molar-refractivity contribution is 9.10. The molecule has 0 unspecified atom stereocenters. The molecule has 0 bridgehead atoms. The summed E-state index contributed by atoms with van der Waals surface area (Å²) in [5.74, 6) is -0.277. The fourth-order valence-corrected chi connectivity index (χ4v) is 4.29. The SMILES string of the molecule is O=c1[nH]c2ccc(Br)cc2c(-c2ccccc2)c1C1=NN[C@H](c2ccc(F)cc2)C1. The van der Waals surface area contributed by atoms with Crippen molar-refractivity contribution in [2.45, 2.75) is 12.5 Å². The molecule has 0 saturated carbocycles. The van der Waals surface area contributed by atoms with Crippen LogP contribution in [0.5, 0.6) is 0 Å². The molecule has 1 aromatic heterocycles. The van der Waals surface area contributed by atoms with Crippen molar-refractivity contribution >= 4 is 32.5 Å². The first-order valence-corrected chi connectivity index (χ1v) is 10.4. The summed E-state index contributed by atoms with van der Waals surface area (Å²) in [6.45, 7) is 0. The van der Waals surface area contributed by atoms with Gasteiger partial charge in [-0.05, 0) is 41.5 Å². The summed E-state index contributed by atoms with van der Waals surface area (Å²) in [6, 6.07) is 21.9. The van der Waals surface area contributed by atoms with Crippen LogP contribution in [0.15, 0.2) is 87.2 Å². The van der Waals surface area contributed by atoms with Crippen molar-refractivity contribution in [3.8, 4) is 11.1 Å². The standard InChI is InChI=1S/C24H17BrFN3O/c25-16-8-11-19-18(12-16)22(15-4-2-1-3-5-15)23(24(30)27-19)21-13-20(28-29-21)14-6-9-17(26)10-7-14/h1-12,20,28H,13H2,(H,27,30)/t20-/m0/s1. The zero-order valence-electron chi connectivity index (χ0n) is 15.8. The van der Waals surface area contributed by atoms with Gasteiger partial charge in [-0.1, -0.05) is 58.4 Å². The molecular formula is C24H17BrFN3O. The number of hydrogen-bond acceptors (Lipinski definition) is 3. The number of pyridine rings is 1. The molecule has 0 fully saturated rings. The van der Waals surface area contributed by atoms with E-state index in [-0.39, 0.29) is 17.4 Å². The quantitative estimate of drug-likeness (QED) is 0.421. The number of halogens is 2. The minimum atomic E-state index is -0.277. The van der Waals surface area contributed by atoms with Gasteiger partial charge in [0, 0.05) is 27.4 Å². The lowest BCUT2D eigenvalue weighted by molar-refractivity contribution is 0.607. The Hall–Kier alpha value is -3.25. The third-order valence-corrected chi connectivity index (χ3v) is 5.85. The summed E-state index contributed by atoms with van der Waals surface area (Å²) in [6.07, 6.45) is 0.536. The molecule has 0 amide bonds. The maximum absolute atomic E-state index is 13.3. The van der Waals surface area contributed by atoms with Crippen LogP contribution in [0.25, 0.3) is 22.0 Å². The summed E-state index contributed by atoms with van der Waals surface area (Å²) >= 11 is 3.55. The Labute approximate surface area is 180 Å². The highest BCUT2D eigenvalue weighted by Gasteiger charge is 2.26. The molecular weight excluding hydrogens is 445 g/mol. The molecule has 30 heavy (non-hydrogen) atoms. The molecule has 2 N–H and O–H groups in total. The lowest BCUT2D eigenvalue weighted by atomic mass is 9.91. The van der Waals surface area contributed by atoms with Crippen molar-refractivity contribution in [2.75, 3.05) is 0 Å². The van der Waals surface area contributed by atoms with E-state index in [2.05, 4.69) is 31.4 Å². The summed E-state index contributed by atoms with van der Waals surface area (Å²) in [4.78, 5) is 16.2. The number of rotatable bonds is 3. The van der Waals surface area contributed by atoms with Gasteiger partial charge in [0.25, 0.3) is 5.56 Å².